The van der Waals surface area contributed by atoms with E-state index in [9.17, 15) is 5.11 Å². The highest BCUT2D eigenvalue weighted by molar-refractivity contribution is 5.76. The van der Waals surface area contributed by atoms with E-state index in [1.165, 1.54) is 95.7 Å². The van der Waals surface area contributed by atoms with Crippen LogP contribution in [0.3, 0.4) is 0 Å². The van der Waals surface area contributed by atoms with Gasteiger partial charge in [0.25, 0.3) is 0 Å². The molecule has 0 fully saturated rings. The van der Waals surface area contributed by atoms with E-state index < -0.39 is 0 Å². The molecule has 0 aromatic rings. The van der Waals surface area contributed by atoms with Gasteiger partial charge in [0, 0.05) is 13.3 Å². The first-order valence-corrected chi connectivity index (χ1v) is 11.8. The molecular formula is C24H47N2O+. The highest BCUT2D eigenvalue weighted by Crippen LogP contribution is 2.20. The lowest BCUT2D eigenvalue weighted by molar-refractivity contribution is -0.865. The van der Waals surface area contributed by atoms with Crippen LogP contribution in [0.2, 0.25) is 0 Å². The molecule has 158 valence electrons. The molecule has 1 aliphatic rings. The minimum Gasteiger partial charge on any atom is -0.345 e. The predicted molar refractivity (Wildman–Crippen MR) is 119 cm³/mol. The molecule has 27 heavy (non-hydrogen) atoms. The van der Waals surface area contributed by atoms with E-state index in [1.807, 2.05) is 6.92 Å². The van der Waals surface area contributed by atoms with Gasteiger partial charge in [-0.15, -0.1) is 0 Å². The third-order valence-electron chi connectivity index (χ3n) is 6.19. The summed E-state index contributed by atoms with van der Waals surface area (Å²) in [5.41, 5.74) is 0. The maximum atomic E-state index is 10.0. The van der Waals surface area contributed by atoms with Gasteiger partial charge in [-0.1, -0.05) is 76.9 Å². The Labute approximate surface area is 169 Å². The molecule has 0 bridgehead atoms. The summed E-state index contributed by atoms with van der Waals surface area (Å²) in [5, 5.41) is 10.0. The van der Waals surface area contributed by atoms with Crippen molar-refractivity contribution in [2.24, 2.45) is 4.99 Å². The first-order chi connectivity index (χ1) is 13.1. The van der Waals surface area contributed by atoms with Crippen LogP contribution in [-0.2, 0) is 0 Å². The maximum Gasteiger partial charge on any atom is 0.200 e. The van der Waals surface area contributed by atoms with Crippen molar-refractivity contribution < 1.29 is 9.59 Å². The summed E-state index contributed by atoms with van der Waals surface area (Å²) in [7, 11) is 2.12. The zero-order chi connectivity index (χ0) is 19.8. The zero-order valence-corrected chi connectivity index (χ0v) is 18.6. The Balaban J connectivity index is 1.87. The van der Waals surface area contributed by atoms with Crippen molar-refractivity contribution in [3.05, 3.63) is 12.2 Å². The van der Waals surface area contributed by atoms with Gasteiger partial charge in [0.1, 0.15) is 6.54 Å². The minimum absolute atomic E-state index is 0.333. The smallest absolute Gasteiger partial charge is 0.200 e. The van der Waals surface area contributed by atoms with Crippen molar-refractivity contribution >= 4 is 5.84 Å². The van der Waals surface area contributed by atoms with Crippen molar-refractivity contribution in [1.82, 2.24) is 0 Å². The quantitative estimate of drug-likeness (QED) is 0.172. The number of likely N-dealkylation sites (N-methyl/N-ethyl adjacent to an activating group) is 1. The number of rotatable bonds is 17. The topological polar surface area (TPSA) is 32.6 Å². The van der Waals surface area contributed by atoms with Crippen LogP contribution >= 0.6 is 0 Å². The van der Waals surface area contributed by atoms with Gasteiger partial charge in [0.15, 0.2) is 12.1 Å². The predicted octanol–water partition coefficient (Wildman–Crippen LogP) is 6.61. The van der Waals surface area contributed by atoms with Crippen LogP contribution in [0.5, 0.6) is 0 Å². The summed E-state index contributed by atoms with van der Waals surface area (Å²) in [6.45, 7) is 6.01. The van der Waals surface area contributed by atoms with Gasteiger partial charge in [-0.05, 0) is 32.1 Å². The van der Waals surface area contributed by atoms with E-state index in [1.54, 1.807) is 0 Å². The largest absolute Gasteiger partial charge is 0.345 e. The Hall–Kier alpha value is -0.670. The number of hydrogen-bond acceptors (Lipinski definition) is 2. The van der Waals surface area contributed by atoms with Crippen LogP contribution in [0.4, 0.5) is 0 Å². The average molecular weight is 380 g/mol. The van der Waals surface area contributed by atoms with Crippen LogP contribution in [0.25, 0.3) is 0 Å². The van der Waals surface area contributed by atoms with Gasteiger partial charge in [0.2, 0.25) is 0 Å². The molecule has 2 atom stereocenters. The van der Waals surface area contributed by atoms with Gasteiger partial charge in [-0.3, -0.25) is 4.48 Å². The lowest BCUT2D eigenvalue weighted by Gasteiger charge is -2.32. The van der Waals surface area contributed by atoms with Crippen molar-refractivity contribution in [1.29, 1.82) is 0 Å². The van der Waals surface area contributed by atoms with Gasteiger partial charge in [-0.25, -0.2) is 4.99 Å². The fraction of sp³-hybridized carbons (Fsp3) is 0.875. The van der Waals surface area contributed by atoms with Gasteiger partial charge in [-0.2, -0.15) is 0 Å². The Kier molecular flexibility index (Phi) is 13.8. The van der Waals surface area contributed by atoms with Crippen LogP contribution in [0.1, 0.15) is 110 Å². The lowest BCUT2D eigenvalue weighted by Crippen LogP contribution is -2.53. The third kappa shape index (κ3) is 10.4. The number of nitrogens with zero attached hydrogens (tertiary/aromatic N) is 2. The molecule has 0 aromatic heterocycles. The minimum atomic E-state index is -0.333. The van der Waals surface area contributed by atoms with Crippen molar-refractivity contribution in [2.75, 3.05) is 20.1 Å². The van der Waals surface area contributed by atoms with E-state index in [2.05, 4.69) is 31.1 Å². The molecule has 0 amide bonds. The van der Waals surface area contributed by atoms with E-state index in [0.29, 0.717) is 4.48 Å². The summed E-state index contributed by atoms with van der Waals surface area (Å²) >= 11 is 0. The Morgan fingerprint density at radius 3 is 1.96 bits per heavy atom. The molecule has 3 nitrogen and oxygen atoms in total. The first-order valence-electron chi connectivity index (χ1n) is 11.8. The van der Waals surface area contributed by atoms with E-state index in [0.717, 1.165) is 19.5 Å². The fourth-order valence-corrected chi connectivity index (χ4v) is 3.94. The second-order valence-electron chi connectivity index (χ2n) is 8.61. The highest BCUT2D eigenvalue weighted by atomic mass is 16.3. The monoisotopic (exact) mass is 379 g/mol. The molecule has 0 spiro atoms. The van der Waals surface area contributed by atoms with Gasteiger partial charge < -0.3 is 5.11 Å². The molecule has 0 saturated carbocycles. The standard InChI is InChI=1S/C24H47N2O/c1-4-5-6-7-8-9-10-11-12-13-14-15-16-17-18-19-20-24-25-21-22-26(24,3)23(2)27/h11-12,23,27H,4-10,13-22H2,1-3H3/q+1/b12-11-. The van der Waals surface area contributed by atoms with Gasteiger partial charge in [0.05, 0.1) is 13.6 Å². The molecule has 1 aliphatic heterocycles. The van der Waals surface area contributed by atoms with Crippen LogP contribution in [-0.4, -0.2) is 41.8 Å². The summed E-state index contributed by atoms with van der Waals surface area (Å²) in [6.07, 6.45) is 24.4. The number of amidine groups is 1. The summed E-state index contributed by atoms with van der Waals surface area (Å²) in [6, 6.07) is 0. The zero-order valence-electron chi connectivity index (χ0n) is 18.6. The number of aliphatic hydroxyl groups excluding tert-OH is 1. The molecule has 3 heteroatoms. The number of quaternary nitrogens is 1. The third-order valence-corrected chi connectivity index (χ3v) is 6.19. The molecule has 2 unspecified atom stereocenters. The van der Waals surface area contributed by atoms with Crippen molar-refractivity contribution in [3.63, 3.8) is 0 Å². The summed E-state index contributed by atoms with van der Waals surface area (Å²) < 4.78 is 0.644. The lowest BCUT2D eigenvalue weighted by atomic mass is 10.1. The summed E-state index contributed by atoms with van der Waals surface area (Å²) in [4.78, 5) is 4.64. The number of unbranched alkanes of at least 4 members (excludes halogenated alkanes) is 12. The molecule has 0 aliphatic carbocycles. The number of aliphatic imine (C=N–C) groups is 1. The fourth-order valence-electron chi connectivity index (χ4n) is 3.94. The molecule has 0 saturated heterocycles. The van der Waals surface area contributed by atoms with Crippen molar-refractivity contribution in [3.8, 4) is 0 Å². The van der Waals surface area contributed by atoms with E-state index in [4.69, 9.17) is 0 Å². The molecule has 1 heterocycles. The van der Waals surface area contributed by atoms with Crippen molar-refractivity contribution in [2.45, 2.75) is 116 Å². The van der Waals surface area contributed by atoms with E-state index >= 15 is 0 Å². The maximum absolute atomic E-state index is 10.0. The second kappa shape index (κ2) is 15.3. The number of aliphatic hydroxyl groups is 1. The Morgan fingerprint density at radius 2 is 1.41 bits per heavy atom. The number of allylic oxidation sites excluding steroid dienone is 2. The number of hydrogen-bond donors (Lipinski definition) is 1. The van der Waals surface area contributed by atoms with Crippen LogP contribution < -0.4 is 0 Å². The first kappa shape index (κ1) is 24.4. The molecule has 1 N–H and O–H groups in total. The van der Waals surface area contributed by atoms with Crippen LogP contribution in [0.15, 0.2) is 17.1 Å². The van der Waals surface area contributed by atoms with Gasteiger partial charge >= 0.3 is 0 Å². The molecule has 0 aromatic carbocycles. The highest BCUT2D eigenvalue weighted by Gasteiger charge is 2.37. The summed E-state index contributed by atoms with van der Waals surface area (Å²) in [5.74, 6) is 1.21. The molecule has 1 rings (SSSR count). The molecular weight excluding hydrogens is 332 g/mol. The second-order valence-corrected chi connectivity index (χ2v) is 8.61. The SMILES string of the molecule is CCCCCCCC/C=C\CCCCCCCCC1=NCC[N+]1(C)C(C)O. The average Bonchev–Trinajstić information content (AvgIpc) is 3.03. The normalized spacial score (nSPS) is 21.1. The van der Waals surface area contributed by atoms with Crippen LogP contribution in [0, 0.1) is 0 Å². The Morgan fingerprint density at radius 1 is 0.889 bits per heavy atom. The van der Waals surface area contributed by atoms with E-state index in [-0.39, 0.29) is 6.23 Å². The Bertz CT molecular complexity index is 417. The molecule has 0 radical (unpaired) electrons.